The minimum atomic E-state index is 0.0101. The molecule has 0 aliphatic heterocycles. The number of nitrogens with one attached hydrogen (secondary N) is 1. The van der Waals surface area contributed by atoms with Crippen LogP contribution >= 0.6 is 0 Å². The first-order chi connectivity index (χ1) is 9.69. The van der Waals surface area contributed by atoms with Crippen molar-refractivity contribution in [2.45, 2.75) is 25.9 Å². The quantitative estimate of drug-likeness (QED) is 0.803. The summed E-state index contributed by atoms with van der Waals surface area (Å²) < 4.78 is 1.82. The fourth-order valence-electron chi connectivity index (χ4n) is 1.84. The van der Waals surface area contributed by atoms with Gasteiger partial charge in [0.15, 0.2) is 0 Å². The van der Waals surface area contributed by atoms with Gasteiger partial charge in [0.25, 0.3) is 0 Å². The van der Waals surface area contributed by atoms with Crippen molar-refractivity contribution in [2.24, 2.45) is 12.8 Å². The highest BCUT2D eigenvalue weighted by Crippen LogP contribution is 2.04. The van der Waals surface area contributed by atoms with Crippen LogP contribution < -0.4 is 11.1 Å². The minimum Gasteiger partial charge on any atom is -0.352 e. The first-order valence-corrected chi connectivity index (χ1v) is 6.56. The van der Waals surface area contributed by atoms with Crippen molar-refractivity contribution < 1.29 is 4.79 Å². The third kappa shape index (κ3) is 3.89. The third-order valence-corrected chi connectivity index (χ3v) is 3.13. The molecule has 1 heterocycles. The van der Waals surface area contributed by atoms with Crippen molar-refractivity contribution in [1.82, 2.24) is 20.1 Å². The minimum absolute atomic E-state index is 0.0101. The van der Waals surface area contributed by atoms with Crippen molar-refractivity contribution in [1.29, 1.82) is 0 Å². The Hall–Kier alpha value is -2.21. The van der Waals surface area contributed by atoms with Gasteiger partial charge < -0.3 is 15.6 Å². The third-order valence-electron chi connectivity index (χ3n) is 3.13. The number of aryl methyl sites for hydroxylation is 2. The number of hydrogen-bond acceptors (Lipinski definition) is 4. The number of carbonyl (C=O) groups excluding carboxylic acids is 1. The molecule has 3 N–H and O–H groups in total. The Balaban J connectivity index is 1.75. The van der Waals surface area contributed by atoms with E-state index in [1.54, 1.807) is 6.33 Å². The summed E-state index contributed by atoms with van der Waals surface area (Å²) in [5.41, 5.74) is 7.69. The van der Waals surface area contributed by atoms with Gasteiger partial charge in [0.1, 0.15) is 12.2 Å². The molecule has 1 aromatic carbocycles. The van der Waals surface area contributed by atoms with Crippen molar-refractivity contribution >= 4 is 5.91 Å². The molecule has 0 atom stereocenters. The largest absolute Gasteiger partial charge is 0.352 e. The second-order valence-electron chi connectivity index (χ2n) is 4.66. The van der Waals surface area contributed by atoms with E-state index in [2.05, 4.69) is 15.5 Å². The summed E-state index contributed by atoms with van der Waals surface area (Å²) in [4.78, 5) is 11.8. The molecule has 20 heavy (non-hydrogen) atoms. The van der Waals surface area contributed by atoms with Gasteiger partial charge >= 0.3 is 0 Å². The van der Waals surface area contributed by atoms with Gasteiger partial charge in [-0.05, 0) is 11.1 Å². The highest BCUT2D eigenvalue weighted by molar-refractivity contribution is 5.76. The molecule has 6 nitrogen and oxygen atoms in total. The average molecular weight is 273 g/mol. The molecule has 0 radical (unpaired) electrons. The van der Waals surface area contributed by atoms with E-state index in [9.17, 15) is 4.79 Å². The van der Waals surface area contributed by atoms with Crippen LogP contribution in [0.5, 0.6) is 0 Å². The number of amides is 1. The lowest BCUT2D eigenvalue weighted by Crippen LogP contribution is -2.23. The van der Waals surface area contributed by atoms with Crippen LogP contribution in [0.25, 0.3) is 0 Å². The maximum atomic E-state index is 11.8. The number of hydrogen-bond donors (Lipinski definition) is 2. The van der Waals surface area contributed by atoms with Crippen LogP contribution in [0.3, 0.4) is 0 Å². The molecule has 0 bridgehead atoms. The predicted octanol–water partition coefficient (Wildman–Crippen LogP) is 0.523. The van der Waals surface area contributed by atoms with E-state index >= 15 is 0 Å². The number of aromatic nitrogens is 3. The molecule has 2 rings (SSSR count). The molecule has 0 aliphatic carbocycles. The van der Waals surface area contributed by atoms with E-state index in [0.717, 1.165) is 17.0 Å². The summed E-state index contributed by atoms with van der Waals surface area (Å²) in [6.45, 7) is 1.06. The summed E-state index contributed by atoms with van der Waals surface area (Å²) in [6, 6.07) is 7.90. The number of nitrogens with two attached hydrogens (primary N) is 1. The smallest absolute Gasteiger partial charge is 0.220 e. The summed E-state index contributed by atoms with van der Waals surface area (Å²) in [7, 11) is 1.87. The first-order valence-electron chi connectivity index (χ1n) is 6.56. The highest BCUT2D eigenvalue weighted by atomic mass is 16.1. The van der Waals surface area contributed by atoms with Crippen LogP contribution in [0.15, 0.2) is 30.6 Å². The van der Waals surface area contributed by atoms with Gasteiger partial charge in [0.2, 0.25) is 5.91 Å². The van der Waals surface area contributed by atoms with E-state index in [-0.39, 0.29) is 5.91 Å². The highest BCUT2D eigenvalue weighted by Gasteiger charge is 2.06. The Morgan fingerprint density at radius 2 is 2.00 bits per heavy atom. The van der Waals surface area contributed by atoms with Crippen LogP contribution in [0.1, 0.15) is 23.4 Å². The normalized spacial score (nSPS) is 10.5. The van der Waals surface area contributed by atoms with E-state index < -0.39 is 0 Å². The Labute approximate surface area is 118 Å². The molecular weight excluding hydrogens is 254 g/mol. The standard InChI is InChI=1S/C14H19N5O/c1-19-10-17-18-13(19)6-7-14(20)16-9-12-4-2-11(8-15)3-5-12/h2-5,10H,6-9,15H2,1H3,(H,16,20). The van der Waals surface area contributed by atoms with Crippen LogP contribution in [0.4, 0.5) is 0 Å². The molecule has 1 aromatic heterocycles. The fraction of sp³-hybridized carbons (Fsp3) is 0.357. The lowest BCUT2D eigenvalue weighted by atomic mass is 10.1. The van der Waals surface area contributed by atoms with Gasteiger partial charge in [0.05, 0.1) is 0 Å². The molecular formula is C14H19N5O. The van der Waals surface area contributed by atoms with Crippen molar-refractivity contribution in [3.8, 4) is 0 Å². The molecule has 2 aromatic rings. The zero-order valence-electron chi connectivity index (χ0n) is 11.5. The molecule has 106 valence electrons. The molecule has 0 aliphatic rings. The monoisotopic (exact) mass is 273 g/mol. The van der Waals surface area contributed by atoms with Gasteiger partial charge in [-0.1, -0.05) is 24.3 Å². The molecule has 0 saturated heterocycles. The van der Waals surface area contributed by atoms with E-state index in [1.807, 2.05) is 35.9 Å². The lowest BCUT2D eigenvalue weighted by molar-refractivity contribution is -0.121. The number of nitrogens with zero attached hydrogens (tertiary/aromatic N) is 3. The Morgan fingerprint density at radius 3 is 2.60 bits per heavy atom. The van der Waals surface area contributed by atoms with Gasteiger partial charge in [-0.3, -0.25) is 4.79 Å². The van der Waals surface area contributed by atoms with Crippen molar-refractivity contribution in [3.05, 3.63) is 47.5 Å². The van der Waals surface area contributed by atoms with Gasteiger partial charge in [0, 0.05) is 33.0 Å². The number of carbonyl (C=O) groups is 1. The maximum Gasteiger partial charge on any atom is 0.220 e. The Kier molecular flexibility index (Phi) is 4.84. The van der Waals surface area contributed by atoms with Gasteiger partial charge in [-0.2, -0.15) is 0 Å². The molecule has 0 spiro atoms. The van der Waals surface area contributed by atoms with E-state index in [1.165, 1.54) is 0 Å². The molecule has 6 heteroatoms. The Bertz CT molecular complexity index is 561. The summed E-state index contributed by atoms with van der Waals surface area (Å²) in [5.74, 6) is 0.823. The van der Waals surface area contributed by atoms with Crippen LogP contribution in [-0.4, -0.2) is 20.7 Å². The Morgan fingerprint density at radius 1 is 1.30 bits per heavy atom. The van der Waals surface area contributed by atoms with E-state index in [0.29, 0.717) is 25.9 Å². The molecule has 0 saturated carbocycles. The van der Waals surface area contributed by atoms with Crippen molar-refractivity contribution in [3.63, 3.8) is 0 Å². The van der Waals surface area contributed by atoms with Crippen LogP contribution in [-0.2, 0) is 31.4 Å². The summed E-state index contributed by atoms with van der Waals surface area (Å²) in [5, 5.41) is 10.6. The second-order valence-corrected chi connectivity index (χ2v) is 4.66. The van der Waals surface area contributed by atoms with Gasteiger partial charge in [-0.25, -0.2) is 0 Å². The average Bonchev–Trinajstić information content (AvgIpc) is 2.89. The van der Waals surface area contributed by atoms with Gasteiger partial charge in [-0.15, -0.1) is 10.2 Å². The predicted molar refractivity (Wildman–Crippen MR) is 75.5 cm³/mol. The van der Waals surface area contributed by atoms with Crippen LogP contribution in [0.2, 0.25) is 0 Å². The first kappa shape index (κ1) is 14.2. The van der Waals surface area contributed by atoms with Crippen molar-refractivity contribution in [2.75, 3.05) is 0 Å². The fourth-order valence-corrected chi connectivity index (χ4v) is 1.84. The summed E-state index contributed by atoms with van der Waals surface area (Å²) >= 11 is 0. The summed E-state index contributed by atoms with van der Waals surface area (Å²) in [6.07, 6.45) is 2.63. The SMILES string of the molecule is Cn1cnnc1CCC(=O)NCc1ccc(CN)cc1. The van der Waals surface area contributed by atoms with E-state index in [4.69, 9.17) is 5.73 Å². The molecule has 1 amide bonds. The number of rotatable bonds is 6. The lowest BCUT2D eigenvalue weighted by Gasteiger charge is -2.06. The zero-order chi connectivity index (χ0) is 14.4. The maximum absolute atomic E-state index is 11.8. The zero-order valence-corrected chi connectivity index (χ0v) is 11.5. The number of benzene rings is 1. The molecule has 0 unspecified atom stereocenters. The van der Waals surface area contributed by atoms with Crippen LogP contribution in [0, 0.1) is 0 Å². The molecule has 0 fully saturated rings. The second kappa shape index (κ2) is 6.81. The topological polar surface area (TPSA) is 85.8 Å².